The molecule has 0 unspecified atom stereocenters. The molecule has 0 radical (unpaired) electrons. The van der Waals surface area contributed by atoms with Crippen LogP contribution in [0.1, 0.15) is 23.5 Å². The number of hydrogen-bond acceptors (Lipinski definition) is 3. The first-order valence-electron chi connectivity index (χ1n) is 7.44. The number of nitrogens with zero attached hydrogens (tertiary/aromatic N) is 3. The standard InChI is InChI=1S/C17H16F2N4O/c1-10-13(11(2)23(22-10)17(18)19)9-16(24)21-15-8-7-12-5-3-4-6-14(12)20-15/h3-8,17H,9H2,1-2H3,(H,20,21,24). The molecule has 0 saturated heterocycles. The Kier molecular flexibility index (Phi) is 4.24. The highest BCUT2D eigenvalue weighted by Gasteiger charge is 2.19. The van der Waals surface area contributed by atoms with Crippen LogP contribution in [0.2, 0.25) is 0 Å². The smallest absolute Gasteiger partial charge is 0.310 e. The Balaban J connectivity index is 1.78. The number of para-hydroxylation sites is 1. The number of carbonyl (C=O) groups excluding carboxylic acids is 1. The highest BCUT2D eigenvalue weighted by atomic mass is 19.3. The first kappa shape index (κ1) is 16.0. The number of benzene rings is 1. The number of aryl methyl sites for hydroxylation is 1. The van der Waals surface area contributed by atoms with Crippen molar-refractivity contribution < 1.29 is 13.6 Å². The molecule has 0 aliphatic rings. The van der Waals surface area contributed by atoms with E-state index in [1.54, 1.807) is 13.0 Å². The number of anilines is 1. The van der Waals surface area contributed by atoms with Gasteiger partial charge in [-0.15, -0.1) is 0 Å². The van der Waals surface area contributed by atoms with Gasteiger partial charge in [0, 0.05) is 16.6 Å². The Morgan fingerprint density at radius 2 is 1.96 bits per heavy atom. The largest absolute Gasteiger partial charge is 0.333 e. The number of fused-ring (bicyclic) bond motifs is 1. The van der Waals surface area contributed by atoms with Crippen LogP contribution in [0.3, 0.4) is 0 Å². The minimum absolute atomic E-state index is 0.0289. The van der Waals surface area contributed by atoms with Crippen molar-refractivity contribution >= 4 is 22.6 Å². The van der Waals surface area contributed by atoms with Crippen molar-refractivity contribution in [3.8, 4) is 0 Å². The summed E-state index contributed by atoms with van der Waals surface area (Å²) in [5.41, 5.74) is 2.00. The van der Waals surface area contributed by atoms with Crippen molar-refractivity contribution in [2.75, 3.05) is 5.32 Å². The van der Waals surface area contributed by atoms with Crippen molar-refractivity contribution in [1.82, 2.24) is 14.8 Å². The number of aromatic nitrogens is 3. The number of hydrogen-bond donors (Lipinski definition) is 1. The van der Waals surface area contributed by atoms with Gasteiger partial charge in [-0.25, -0.2) is 9.67 Å². The number of pyridine rings is 1. The SMILES string of the molecule is Cc1nn(C(F)F)c(C)c1CC(=O)Nc1ccc2ccccc2n1. The van der Waals surface area contributed by atoms with Crippen molar-refractivity contribution in [2.45, 2.75) is 26.8 Å². The molecule has 124 valence electrons. The van der Waals surface area contributed by atoms with Gasteiger partial charge in [-0.1, -0.05) is 18.2 Å². The topological polar surface area (TPSA) is 59.8 Å². The van der Waals surface area contributed by atoms with Gasteiger partial charge in [-0.2, -0.15) is 13.9 Å². The van der Waals surface area contributed by atoms with Gasteiger partial charge in [0.05, 0.1) is 17.6 Å². The predicted octanol–water partition coefficient (Wildman–Crippen LogP) is 3.62. The van der Waals surface area contributed by atoms with Crippen molar-refractivity contribution in [3.63, 3.8) is 0 Å². The summed E-state index contributed by atoms with van der Waals surface area (Å²) in [5.74, 6) is 0.105. The number of rotatable bonds is 4. The van der Waals surface area contributed by atoms with Crippen LogP contribution in [0.5, 0.6) is 0 Å². The van der Waals surface area contributed by atoms with Crippen molar-refractivity contribution in [3.05, 3.63) is 53.3 Å². The molecular formula is C17H16F2N4O. The van der Waals surface area contributed by atoms with Crippen LogP contribution in [0.15, 0.2) is 36.4 Å². The Morgan fingerprint density at radius 3 is 2.67 bits per heavy atom. The molecule has 3 aromatic rings. The maximum absolute atomic E-state index is 12.8. The number of halogens is 2. The van der Waals surface area contributed by atoms with E-state index in [0.717, 1.165) is 10.9 Å². The van der Waals surface area contributed by atoms with Gasteiger partial charge in [0.1, 0.15) is 5.82 Å². The molecule has 0 atom stereocenters. The third-order valence-electron chi connectivity index (χ3n) is 3.86. The van der Waals surface area contributed by atoms with E-state index < -0.39 is 6.55 Å². The summed E-state index contributed by atoms with van der Waals surface area (Å²) in [6.45, 7) is 0.425. The molecule has 0 aliphatic carbocycles. The highest BCUT2D eigenvalue weighted by molar-refractivity contribution is 5.93. The molecule has 0 aliphatic heterocycles. The number of carbonyl (C=O) groups is 1. The Morgan fingerprint density at radius 1 is 1.21 bits per heavy atom. The van der Waals surface area contributed by atoms with Gasteiger partial charge in [-0.3, -0.25) is 4.79 Å². The van der Waals surface area contributed by atoms with Crippen molar-refractivity contribution in [2.24, 2.45) is 0 Å². The van der Waals surface area contributed by atoms with Gasteiger partial charge in [0.25, 0.3) is 0 Å². The summed E-state index contributed by atoms with van der Waals surface area (Å²) in [6.07, 6.45) is -0.0289. The second-order valence-corrected chi connectivity index (χ2v) is 5.49. The quantitative estimate of drug-likeness (QED) is 0.795. The summed E-state index contributed by atoms with van der Waals surface area (Å²) in [4.78, 5) is 16.6. The maximum Gasteiger partial charge on any atom is 0.333 e. The van der Waals surface area contributed by atoms with E-state index in [0.29, 0.717) is 27.5 Å². The van der Waals surface area contributed by atoms with Gasteiger partial charge >= 0.3 is 6.55 Å². The van der Waals surface area contributed by atoms with E-state index in [9.17, 15) is 13.6 Å². The van der Waals surface area contributed by atoms with Gasteiger partial charge in [0.15, 0.2) is 0 Å². The minimum Gasteiger partial charge on any atom is -0.310 e. The monoisotopic (exact) mass is 330 g/mol. The zero-order chi connectivity index (χ0) is 17.3. The molecule has 3 rings (SSSR count). The molecule has 5 nitrogen and oxygen atoms in total. The predicted molar refractivity (Wildman–Crippen MR) is 87.0 cm³/mol. The summed E-state index contributed by atoms with van der Waals surface area (Å²) in [7, 11) is 0. The maximum atomic E-state index is 12.8. The van der Waals surface area contributed by atoms with Crippen molar-refractivity contribution in [1.29, 1.82) is 0 Å². The van der Waals surface area contributed by atoms with Gasteiger partial charge < -0.3 is 5.32 Å². The van der Waals surface area contributed by atoms with Crippen LogP contribution in [0.25, 0.3) is 10.9 Å². The zero-order valence-corrected chi connectivity index (χ0v) is 13.3. The Hall–Kier alpha value is -2.83. The van der Waals surface area contributed by atoms with Gasteiger partial charge in [0.2, 0.25) is 5.91 Å². The molecular weight excluding hydrogens is 314 g/mol. The Labute approximate surface area is 137 Å². The minimum atomic E-state index is -2.72. The molecule has 0 spiro atoms. The summed E-state index contributed by atoms with van der Waals surface area (Å²) >= 11 is 0. The number of alkyl halides is 2. The van der Waals surface area contributed by atoms with E-state index in [1.165, 1.54) is 6.92 Å². The van der Waals surface area contributed by atoms with Crippen LogP contribution in [0, 0.1) is 13.8 Å². The molecule has 0 fully saturated rings. The summed E-state index contributed by atoms with van der Waals surface area (Å²) in [5, 5.41) is 7.46. The van der Waals surface area contributed by atoms with Gasteiger partial charge in [-0.05, 0) is 32.0 Å². The normalized spacial score (nSPS) is 11.2. The second kappa shape index (κ2) is 6.35. The van der Waals surface area contributed by atoms with E-state index >= 15 is 0 Å². The third kappa shape index (κ3) is 3.10. The number of amides is 1. The van der Waals surface area contributed by atoms with Crippen LogP contribution in [-0.2, 0) is 11.2 Å². The molecule has 2 aromatic heterocycles. The van der Waals surface area contributed by atoms with Crippen LogP contribution in [-0.4, -0.2) is 20.7 Å². The van der Waals surface area contributed by atoms with E-state index in [-0.39, 0.29) is 12.3 Å². The lowest BCUT2D eigenvalue weighted by Crippen LogP contribution is -2.16. The highest BCUT2D eigenvalue weighted by Crippen LogP contribution is 2.20. The fourth-order valence-corrected chi connectivity index (χ4v) is 2.63. The molecule has 1 amide bonds. The molecule has 1 N–H and O–H groups in total. The third-order valence-corrected chi connectivity index (χ3v) is 3.86. The van der Waals surface area contributed by atoms with E-state index in [2.05, 4.69) is 15.4 Å². The fourth-order valence-electron chi connectivity index (χ4n) is 2.63. The lowest BCUT2D eigenvalue weighted by molar-refractivity contribution is -0.115. The average molecular weight is 330 g/mol. The molecule has 0 bridgehead atoms. The molecule has 0 saturated carbocycles. The number of nitrogens with one attached hydrogen (secondary N) is 1. The first-order chi connectivity index (χ1) is 11.5. The molecule has 2 heterocycles. The van der Waals surface area contributed by atoms with Crippen LogP contribution in [0.4, 0.5) is 14.6 Å². The summed E-state index contributed by atoms with van der Waals surface area (Å²) < 4.78 is 26.3. The lowest BCUT2D eigenvalue weighted by Gasteiger charge is -2.07. The fraction of sp³-hybridized carbons (Fsp3) is 0.235. The molecule has 1 aromatic carbocycles. The summed E-state index contributed by atoms with van der Waals surface area (Å²) in [6, 6.07) is 11.1. The molecule has 24 heavy (non-hydrogen) atoms. The van der Waals surface area contributed by atoms with E-state index in [4.69, 9.17) is 0 Å². The van der Waals surface area contributed by atoms with Crippen LogP contribution < -0.4 is 5.32 Å². The average Bonchev–Trinajstić information content (AvgIpc) is 2.83. The van der Waals surface area contributed by atoms with E-state index in [1.807, 2.05) is 30.3 Å². The first-order valence-corrected chi connectivity index (χ1v) is 7.44. The zero-order valence-electron chi connectivity index (χ0n) is 13.3. The lowest BCUT2D eigenvalue weighted by atomic mass is 10.1. The van der Waals surface area contributed by atoms with Crippen LogP contribution >= 0.6 is 0 Å². The molecule has 7 heteroatoms. The Bertz CT molecular complexity index is 905. The second-order valence-electron chi connectivity index (χ2n) is 5.49.